The summed E-state index contributed by atoms with van der Waals surface area (Å²) in [5.74, 6) is 1.75. The largest absolute Gasteiger partial charge is 0.496 e. The van der Waals surface area contributed by atoms with E-state index in [0.717, 1.165) is 26.9 Å². The Morgan fingerprint density at radius 2 is 1.81 bits per heavy atom. The summed E-state index contributed by atoms with van der Waals surface area (Å²) < 4.78 is 12.1. The highest BCUT2D eigenvalue weighted by Gasteiger charge is 2.08. The van der Waals surface area contributed by atoms with Crippen LogP contribution in [0.25, 0.3) is 11.3 Å². The number of hydrazone groups is 1. The fourth-order valence-electron chi connectivity index (χ4n) is 2.95. The van der Waals surface area contributed by atoms with Crippen LogP contribution in [-0.2, 0) is 6.61 Å². The maximum Gasteiger partial charge on any atom is 0.263 e. The number of hydrogen-bond acceptors (Lipinski definition) is 7. The highest BCUT2D eigenvalue weighted by Crippen LogP contribution is 2.28. The number of para-hydroxylation sites is 1. The molecule has 1 aromatic heterocycles. The molecule has 3 aromatic carbocycles. The Bertz CT molecular complexity index is 1220. The molecule has 0 bridgehead atoms. The molecular weight excluding hydrogens is 470 g/mol. The van der Waals surface area contributed by atoms with E-state index in [1.165, 1.54) is 0 Å². The fraction of sp³-hybridized carbons (Fsp3) is 0.0833. The maximum atomic E-state index is 5.88. The van der Waals surface area contributed by atoms with Crippen molar-refractivity contribution in [1.29, 1.82) is 0 Å². The molecule has 0 atom stereocenters. The average Bonchev–Trinajstić information content (AvgIpc) is 2.84. The third kappa shape index (κ3) is 5.47. The number of aromatic nitrogens is 3. The Balaban J connectivity index is 1.40. The highest BCUT2D eigenvalue weighted by atomic mass is 79.9. The van der Waals surface area contributed by atoms with E-state index in [-0.39, 0.29) is 5.95 Å². The number of methoxy groups -OCH3 is 1. The third-order valence-corrected chi connectivity index (χ3v) is 5.13. The Morgan fingerprint density at radius 3 is 2.62 bits per heavy atom. The van der Waals surface area contributed by atoms with E-state index < -0.39 is 0 Å². The molecule has 0 aliphatic rings. The number of hydrogen-bond donors (Lipinski definition) is 1. The van der Waals surface area contributed by atoms with E-state index in [1.807, 2.05) is 72.8 Å². The molecule has 1 heterocycles. The molecule has 8 heteroatoms. The SMILES string of the molecule is COc1ccccc1-c1cnnc(NN=Cc2ccc(OCc3ccccc3)c(Br)c2)n1. The Hall–Kier alpha value is -3.78. The van der Waals surface area contributed by atoms with Gasteiger partial charge in [-0.3, -0.25) is 0 Å². The van der Waals surface area contributed by atoms with Gasteiger partial charge in [-0.25, -0.2) is 10.4 Å². The van der Waals surface area contributed by atoms with E-state index in [9.17, 15) is 0 Å². The van der Waals surface area contributed by atoms with E-state index in [4.69, 9.17) is 9.47 Å². The van der Waals surface area contributed by atoms with Crippen molar-refractivity contribution in [3.05, 3.63) is 94.6 Å². The van der Waals surface area contributed by atoms with Crippen molar-refractivity contribution in [1.82, 2.24) is 15.2 Å². The lowest BCUT2D eigenvalue weighted by Gasteiger charge is -2.09. The minimum atomic E-state index is 0.284. The lowest BCUT2D eigenvalue weighted by Crippen LogP contribution is -2.01. The molecule has 32 heavy (non-hydrogen) atoms. The van der Waals surface area contributed by atoms with Crippen LogP contribution in [0.5, 0.6) is 11.5 Å². The van der Waals surface area contributed by atoms with Gasteiger partial charge in [0, 0.05) is 5.56 Å². The number of nitrogens with zero attached hydrogens (tertiary/aromatic N) is 4. The monoisotopic (exact) mass is 489 g/mol. The van der Waals surface area contributed by atoms with Crippen molar-refractivity contribution >= 4 is 28.1 Å². The first kappa shape index (κ1) is 21.5. The first-order valence-electron chi connectivity index (χ1n) is 9.81. The van der Waals surface area contributed by atoms with Crippen LogP contribution in [0.15, 0.2) is 88.6 Å². The molecule has 0 saturated carbocycles. The molecule has 160 valence electrons. The first-order chi connectivity index (χ1) is 15.7. The molecule has 0 unspecified atom stereocenters. The maximum absolute atomic E-state index is 5.88. The van der Waals surface area contributed by atoms with Gasteiger partial charge in [-0.2, -0.15) is 10.2 Å². The van der Waals surface area contributed by atoms with E-state index in [1.54, 1.807) is 19.5 Å². The van der Waals surface area contributed by atoms with Gasteiger partial charge in [0.15, 0.2) is 0 Å². The number of ether oxygens (including phenoxy) is 2. The summed E-state index contributed by atoms with van der Waals surface area (Å²) in [4.78, 5) is 4.46. The summed E-state index contributed by atoms with van der Waals surface area (Å²) in [7, 11) is 1.62. The molecule has 1 N–H and O–H groups in total. The predicted octanol–water partition coefficient (Wildman–Crippen LogP) is 5.33. The van der Waals surface area contributed by atoms with E-state index in [0.29, 0.717) is 18.1 Å². The summed E-state index contributed by atoms with van der Waals surface area (Å²) in [5, 5.41) is 12.2. The Kier molecular flexibility index (Phi) is 7.04. The van der Waals surface area contributed by atoms with Crippen molar-refractivity contribution in [3.63, 3.8) is 0 Å². The van der Waals surface area contributed by atoms with Gasteiger partial charge in [-0.05, 0) is 57.4 Å². The van der Waals surface area contributed by atoms with Crippen LogP contribution in [0, 0.1) is 0 Å². The summed E-state index contributed by atoms with van der Waals surface area (Å²) in [6.07, 6.45) is 3.25. The lowest BCUT2D eigenvalue weighted by molar-refractivity contribution is 0.304. The lowest BCUT2D eigenvalue weighted by atomic mass is 10.1. The number of anilines is 1. The normalized spacial score (nSPS) is 10.8. The summed E-state index contributed by atoms with van der Waals surface area (Å²) in [5.41, 5.74) is 6.27. The van der Waals surface area contributed by atoms with Crippen LogP contribution >= 0.6 is 15.9 Å². The number of benzene rings is 3. The van der Waals surface area contributed by atoms with Crippen LogP contribution in [0.4, 0.5) is 5.95 Å². The Labute approximate surface area is 194 Å². The second-order valence-corrected chi connectivity index (χ2v) is 7.55. The smallest absolute Gasteiger partial charge is 0.263 e. The Morgan fingerprint density at radius 1 is 1.00 bits per heavy atom. The van der Waals surface area contributed by atoms with E-state index >= 15 is 0 Å². The number of halogens is 1. The van der Waals surface area contributed by atoms with Gasteiger partial charge in [0.1, 0.15) is 18.1 Å². The zero-order valence-electron chi connectivity index (χ0n) is 17.3. The zero-order chi connectivity index (χ0) is 22.2. The molecule has 7 nitrogen and oxygen atoms in total. The van der Waals surface area contributed by atoms with Gasteiger partial charge in [-0.15, -0.1) is 5.10 Å². The van der Waals surface area contributed by atoms with Gasteiger partial charge in [0.2, 0.25) is 0 Å². The fourth-order valence-corrected chi connectivity index (χ4v) is 3.46. The second kappa shape index (κ2) is 10.5. The zero-order valence-corrected chi connectivity index (χ0v) is 18.9. The van der Waals surface area contributed by atoms with Crippen LogP contribution in [0.2, 0.25) is 0 Å². The highest BCUT2D eigenvalue weighted by molar-refractivity contribution is 9.10. The molecule has 0 saturated heterocycles. The molecule has 0 spiro atoms. The molecule has 0 radical (unpaired) electrons. The minimum Gasteiger partial charge on any atom is -0.496 e. The summed E-state index contributed by atoms with van der Waals surface area (Å²) >= 11 is 3.55. The second-order valence-electron chi connectivity index (χ2n) is 6.70. The standard InChI is InChI=1S/C24H20BrN5O2/c1-31-22-10-6-5-9-19(22)21-15-27-30-24(28-21)29-26-14-18-11-12-23(20(25)13-18)32-16-17-7-3-2-4-8-17/h2-15H,16H2,1H3,(H,28,29,30). The predicted molar refractivity (Wildman–Crippen MR) is 128 cm³/mol. The minimum absolute atomic E-state index is 0.284. The number of rotatable bonds is 8. The molecule has 0 fully saturated rings. The van der Waals surface area contributed by atoms with Crippen LogP contribution < -0.4 is 14.9 Å². The van der Waals surface area contributed by atoms with E-state index in [2.05, 4.69) is 41.6 Å². The van der Waals surface area contributed by atoms with Gasteiger partial charge >= 0.3 is 0 Å². The first-order valence-corrected chi connectivity index (χ1v) is 10.6. The molecule has 4 rings (SSSR count). The average molecular weight is 490 g/mol. The molecular formula is C24H20BrN5O2. The quantitative estimate of drug-likeness (QED) is 0.266. The molecule has 0 aliphatic carbocycles. The van der Waals surface area contributed by atoms with Gasteiger partial charge in [0.25, 0.3) is 5.95 Å². The number of nitrogens with one attached hydrogen (secondary N) is 1. The molecule has 0 aliphatic heterocycles. The van der Waals surface area contributed by atoms with Crippen molar-refractivity contribution in [2.24, 2.45) is 5.10 Å². The van der Waals surface area contributed by atoms with Crippen molar-refractivity contribution < 1.29 is 9.47 Å². The molecule has 4 aromatic rings. The molecule has 0 amide bonds. The third-order valence-electron chi connectivity index (χ3n) is 4.51. The summed E-state index contributed by atoms with van der Waals surface area (Å²) in [6.45, 7) is 0.501. The van der Waals surface area contributed by atoms with Gasteiger partial charge < -0.3 is 9.47 Å². The van der Waals surface area contributed by atoms with Crippen LogP contribution in [0.1, 0.15) is 11.1 Å². The van der Waals surface area contributed by atoms with Crippen molar-refractivity contribution in [3.8, 4) is 22.8 Å². The van der Waals surface area contributed by atoms with Gasteiger partial charge in [-0.1, -0.05) is 42.5 Å². The topological polar surface area (TPSA) is 81.5 Å². The van der Waals surface area contributed by atoms with Gasteiger partial charge in [0.05, 0.1) is 29.7 Å². The van der Waals surface area contributed by atoms with Crippen molar-refractivity contribution in [2.45, 2.75) is 6.61 Å². The summed E-state index contributed by atoms with van der Waals surface area (Å²) in [6, 6.07) is 23.4. The van der Waals surface area contributed by atoms with Crippen molar-refractivity contribution in [2.75, 3.05) is 12.5 Å². The van der Waals surface area contributed by atoms with Crippen LogP contribution in [-0.4, -0.2) is 28.5 Å². The van der Waals surface area contributed by atoms with Crippen LogP contribution in [0.3, 0.4) is 0 Å².